The highest BCUT2D eigenvalue weighted by molar-refractivity contribution is 7.07. The van der Waals surface area contributed by atoms with Gasteiger partial charge >= 0.3 is 0 Å². The quantitative estimate of drug-likeness (QED) is 0.340. The first-order chi connectivity index (χ1) is 18.5. The zero-order valence-electron chi connectivity index (χ0n) is 22.1. The van der Waals surface area contributed by atoms with Gasteiger partial charge in [0, 0.05) is 24.6 Å². The fourth-order valence-corrected chi connectivity index (χ4v) is 5.29. The number of carbonyl (C=O) groups is 1. The van der Waals surface area contributed by atoms with Gasteiger partial charge in [0.25, 0.3) is 11.2 Å². The predicted molar refractivity (Wildman–Crippen MR) is 149 cm³/mol. The third kappa shape index (κ3) is 5.77. The maximum absolute atomic E-state index is 13.7. The van der Waals surface area contributed by atoms with Gasteiger partial charge < -0.3 is 14.4 Å². The lowest BCUT2D eigenvalue weighted by Crippen LogP contribution is -2.36. The van der Waals surface area contributed by atoms with E-state index in [1.165, 1.54) is 17.7 Å². The minimum absolute atomic E-state index is 0.0786. The van der Waals surface area contributed by atoms with Crippen molar-refractivity contribution in [2.24, 2.45) is 5.41 Å². The Kier molecular flexibility index (Phi) is 7.99. The van der Waals surface area contributed by atoms with Crippen LogP contribution in [0.2, 0.25) is 0 Å². The van der Waals surface area contributed by atoms with Crippen LogP contribution < -0.4 is 24.4 Å². The van der Waals surface area contributed by atoms with Crippen molar-refractivity contribution in [3.8, 4) is 17.5 Å². The van der Waals surface area contributed by atoms with Gasteiger partial charge in [-0.05, 0) is 42.0 Å². The van der Waals surface area contributed by atoms with E-state index in [1.54, 1.807) is 63.2 Å². The van der Waals surface area contributed by atoms with Crippen molar-refractivity contribution in [3.05, 3.63) is 77.7 Å². The SMILES string of the molecule is COc1ccc(-n2c(=O)/c(=C/c3ccc(N4CCOCC4)c([N+](=O)[O-])c3)s/c2=C(/C#N)C(=O)C(C)(C)C)cc1. The number of nitro groups is 1. The summed E-state index contributed by atoms with van der Waals surface area (Å²) in [5, 5.41) is 21.9. The van der Waals surface area contributed by atoms with Crippen LogP contribution >= 0.6 is 11.3 Å². The van der Waals surface area contributed by atoms with E-state index in [0.717, 1.165) is 11.3 Å². The molecule has 0 atom stereocenters. The number of methoxy groups -OCH3 is 1. The predicted octanol–water partition coefficient (Wildman–Crippen LogP) is 2.77. The third-order valence-electron chi connectivity index (χ3n) is 6.23. The largest absolute Gasteiger partial charge is 0.497 e. The van der Waals surface area contributed by atoms with Gasteiger partial charge in [0.1, 0.15) is 27.7 Å². The van der Waals surface area contributed by atoms with Gasteiger partial charge in [0.05, 0.1) is 35.5 Å². The van der Waals surface area contributed by atoms with E-state index in [-0.39, 0.29) is 20.5 Å². The number of nitro benzene ring substituents is 1. The van der Waals surface area contributed by atoms with Gasteiger partial charge in [0.2, 0.25) is 0 Å². The van der Waals surface area contributed by atoms with Crippen molar-refractivity contribution < 1.29 is 19.2 Å². The molecule has 1 saturated heterocycles. The molecule has 0 unspecified atom stereocenters. The molecule has 202 valence electrons. The zero-order chi connectivity index (χ0) is 28.3. The number of thiazole rings is 1. The van der Waals surface area contributed by atoms with Crippen molar-refractivity contribution in [2.45, 2.75) is 20.8 Å². The number of aromatic nitrogens is 1. The second-order valence-corrected chi connectivity index (χ2v) is 11.0. The lowest BCUT2D eigenvalue weighted by molar-refractivity contribution is -0.384. The lowest BCUT2D eigenvalue weighted by Gasteiger charge is -2.28. The number of nitriles is 1. The average Bonchev–Trinajstić information content (AvgIpc) is 3.24. The number of hydrogen-bond donors (Lipinski definition) is 0. The fourth-order valence-electron chi connectivity index (χ4n) is 4.19. The van der Waals surface area contributed by atoms with Crippen molar-refractivity contribution in [2.75, 3.05) is 38.3 Å². The number of rotatable bonds is 6. The number of carbonyl (C=O) groups excluding carboxylic acids is 1. The van der Waals surface area contributed by atoms with E-state index in [9.17, 15) is 25.0 Å². The van der Waals surface area contributed by atoms with E-state index >= 15 is 0 Å². The molecule has 1 fully saturated rings. The van der Waals surface area contributed by atoms with Crippen LogP contribution in [0, 0.1) is 26.9 Å². The van der Waals surface area contributed by atoms with Crippen LogP contribution in [0.5, 0.6) is 5.75 Å². The molecule has 1 aromatic heterocycles. The molecule has 2 heterocycles. The number of hydrogen-bond acceptors (Lipinski definition) is 9. The molecule has 10 nitrogen and oxygen atoms in total. The van der Waals surface area contributed by atoms with E-state index in [2.05, 4.69) is 0 Å². The number of ether oxygens (including phenoxy) is 2. The second-order valence-electron chi connectivity index (χ2n) is 9.93. The monoisotopic (exact) mass is 548 g/mol. The number of anilines is 1. The van der Waals surface area contributed by atoms with E-state index < -0.39 is 21.7 Å². The maximum atomic E-state index is 13.7. The van der Waals surface area contributed by atoms with E-state index in [1.807, 2.05) is 11.0 Å². The molecule has 4 rings (SSSR count). The van der Waals surface area contributed by atoms with Gasteiger partial charge in [-0.3, -0.25) is 24.3 Å². The van der Waals surface area contributed by atoms with Gasteiger partial charge in [-0.25, -0.2) is 0 Å². The van der Waals surface area contributed by atoms with Crippen LogP contribution in [0.15, 0.2) is 47.3 Å². The number of benzene rings is 2. The standard InChI is InChI=1S/C28H28N4O6S/c1-28(2,3)25(33)21(17-29)27-31(19-6-8-20(37-4)9-7-19)26(34)24(39-27)16-18-5-10-22(23(15-18)32(35)36)30-11-13-38-14-12-30/h5-10,15-16H,11-14H2,1-4H3/b24-16-,27-21-. The number of nitrogens with zero attached hydrogens (tertiary/aromatic N) is 4. The van der Waals surface area contributed by atoms with Crippen LogP contribution in [0.4, 0.5) is 11.4 Å². The van der Waals surface area contributed by atoms with Gasteiger partial charge in [-0.1, -0.05) is 26.8 Å². The second kappa shape index (κ2) is 11.2. The molecular formula is C28H28N4O6S. The summed E-state index contributed by atoms with van der Waals surface area (Å²) in [6.07, 6.45) is 1.54. The van der Waals surface area contributed by atoms with Crippen LogP contribution in [-0.2, 0) is 9.53 Å². The van der Waals surface area contributed by atoms with Crippen LogP contribution in [-0.4, -0.2) is 48.7 Å². The molecule has 11 heteroatoms. The highest BCUT2D eigenvalue weighted by atomic mass is 32.1. The topological polar surface area (TPSA) is 128 Å². The summed E-state index contributed by atoms with van der Waals surface area (Å²) in [5.74, 6) is 0.184. The molecule has 2 aromatic carbocycles. The summed E-state index contributed by atoms with van der Waals surface area (Å²) < 4.78 is 12.3. The molecule has 0 aliphatic carbocycles. The Bertz CT molecular complexity index is 1640. The Hall–Kier alpha value is -4.27. The van der Waals surface area contributed by atoms with Gasteiger partial charge in [-0.2, -0.15) is 5.26 Å². The highest BCUT2D eigenvalue weighted by Crippen LogP contribution is 2.30. The van der Waals surface area contributed by atoms with Crippen molar-refractivity contribution in [1.82, 2.24) is 4.57 Å². The Morgan fingerprint density at radius 3 is 2.41 bits per heavy atom. The molecule has 1 aliphatic heterocycles. The summed E-state index contributed by atoms with van der Waals surface area (Å²) in [6.45, 7) is 7.17. The molecule has 39 heavy (non-hydrogen) atoms. The minimum Gasteiger partial charge on any atom is -0.497 e. The Balaban J connectivity index is 1.96. The fraction of sp³-hybridized carbons (Fsp3) is 0.321. The minimum atomic E-state index is -0.852. The molecular weight excluding hydrogens is 520 g/mol. The number of Topliss-reactive ketones (excluding diaryl/α,β-unsaturated/α-hetero) is 1. The van der Waals surface area contributed by atoms with Gasteiger partial charge in [-0.15, -0.1) is 11.3 Å². The number of morpholine rings is 1. The first-order valence-corrected chi connectivity index (χ1v) is 13.0. The summed E-state index contributed by atoms with van der Waals surface area (Å²) in [5.41, 5.74) is -0.122. The molecule has 0 saturated carbocycles. The summed E-state index contributed by atoms with van der Waals surface area (Å²) in [7, 11) is 1.53. The lowest BCUT2D eigenvalue weighted by atomic mass is 9.87. The summed E-state index contributed by atoms with van der Waals surface area (Å²) >= 11 is 0.996. The Morgan fingerprint density at radius 2 is 1.85 bits per heavy atom. The van der Waals surface area contributed by atoms with Crippen LogP contribution in [0.3, 0.4) is 0 Å². The summed E-state index contributed by atoms with van der Waals surface area (Å²) in [6, 6.07) is 13.5. The number of ketones is 1. The Labute approximate surface area is 228 Å². The van der Waals surface area contributed by atoms with Crippen molar-refractivity contribution in [1.29, 1.82) is 5.26 Å². The van der Waals surface area contributed by atoms with Gasteiger partial charge in [0.15, 0.2) is 5.78 Å². The molecule has 0 amide bonds. The van der Waals surface area contributed by atoms with Crippen molar-refractivity contribution >= 4 is 40.1 Å². The van der Waals surface area contributed by atoms with E-state index in [4.69, 9.17) is 9.47 Å². The highest BCUT2D eigenvalue weighted by Gasteiger charge is 2.28. The first-order valence-electron chi connectivity index (χ1n) is 12.2. The average molecular weight is 549 g/mol. The van der Waals surface area contributed by atoms with Crippen molar-refractivity contribution in [3.63, 3.8) is 0 Å². The third-order valence-corrected chi connectivity index (χ3v) is 7.33. The van der Waals surface area contributed by atoms with E-state index in [0.29, 0.717) is 49.0 Å². The molecule has 0 spiro atoms. The van der Waals surface area contributed by atoms with Crippen LogP contribution in [0.1, 0.15) is 26.3 Å². The molecule has 0 N–H and O–H groups in total. The smallest absolute Gasteiger partial charge is 0.293 e. The first kappa shape index (κ1) is 27.8. The normalized spacial score (nSPS) is 15.1. The zero-order valence-corrected chi connectivity index (χ0v) is 22.9. The molecule has 1 aliphatic rings. The molecule has 0 bridgehead atoms. The Morgan fingerprint density at radius 1 is 1.18 bits per heavy atom. The maximum Gasteiger partial charge on any atom is 0.293 e. The van der Waals surface area contributed by atoms with Crippen LogP contribution in [0.25, 0.3) is 17.3 Å². The molecule has 3 aromatic rings. The summed E-state index contributed by atoms with van der Waals surface area (Å²) in [4.78, 5) is 40.2. The molecule has 0 radical (unpaired) electrons.